The number of nitrogens with one attached hydrogen (secondary N) is 1. The van der Waals surface area contributed by atoms with Crippen molar-refractivity contribution in [1.29, 1.82) is 0 Å². The minimum absolute atomic E-state index is 0.0212. The van der Waals surface area contributed by atoms with Gasteiger partial charge in [0, 0.05) is 4.48 Å². The lowest BCUT2D eigenvalue weighted by atomic mass is 9.94. The predicted molar refractivity (Wildman–Crippen MR) is 70.6 cm³/mol. The van der Waals surface area contributed by atoms with Crippen LogP contribution in [0.1, 0.15) is 27.2 Å². The molecule has 96 valence electrons. The third-order valence-corrected chi connectivity index (χ3v) is 3.50. The quantitative estimate of drug-likeness (QED) is 0.858. The maximum Gasteiger partial charge on any atom is 0.246 e. The SMILES string of the molecule is C=C(Br)CN1C(=O)C(C(C)CC)NC(=O)C1C. The summed E-state index contributed by atoms with van der Waals surface area (Å²) in [5, 5.41) is 2.79. The zero-order valence-electron chi connectivity index (χ0n) is 10.5. The first kappa shape index (κ1) is 14.2. The molecule has 17 heavy (non-hydrogen) atoms. The molecule has 0 bridgehead atoms. The highest BCUT2D eigenvalue weighted by molar-refractivity contribution is 9.11. The van der Waals surface area contributed by atoms with Crippen LogP contribution in [0.15, 0.2) is 11.1 Å². The Hall–Kier alpha value is -0.840. The number of halogens is 1. The van der Waals surface area contributed by atoms with Crippen molar-refractivity contribution in [3.8, 4) is 0 Å². The molecule has 0 radical (unpaired) electrons. The summed E-state index contributed by atoms with van der Waals surface area (Å²) < 4.78 is 0.704. The molecule has 1 fully saturated rings. The summed E-state index contributed by atoms with van der Waals surface area (Å²) in [6.07, 6.45) is 0.855. The van der Waals surface area contributed by atoms with Crippen LogP contribution in [-0.2, 0) is 9.59 Å². The van der Waals surface area contributed by atoms with Gasteiger partial charge in [-0.15, -0.1) is 0 Å². The van der Waals surface area contributed by atoms with Crippen molar-refractivity contribution in [2.75, 3.05) is 6.54 Å². The zero-order chi connectivity index (χ0) is 13.2. The van der Waals surface area contributed by atoms with E-state index in [1.165, 1.54) is 0 Å². The Morgan fingerprint density at radius 1 is 1.59 bits per heavy atom. The fraction of sp³-hybridized carbons (Fsp3) is 0.667. The van der Waals surface area contributed by atoms with E-state index in [4.69, 9.17) is 0 Å². The van der Waals surface area contributed by atoms with Crippen molar-refractivity contribution in [2.24, 2.45) is 5.92 Å². The van der Waals surface area contributed by atoms with Crippen molar-refractivity contribution >= 4 is 27.7 Å². The van der Waals surface area contributed by atoms with Gasteiger partial charge in [-0.2, -0.15) is 0 Å². The van der Waals surface area contributed by atoms with Crippen molar-refractivity contribution < 1.29 is 9.59 Å². The van der Waals surface area contributed by atoms with E-state index in [2.05, 4.69) is 27.8 Å². The number of hydrogen-bond donors (Lipinski definition) is 1. The third kappa shape index (κ3) is 3.09. The number of carbonyl (C=O) groups is 2. The summed E-state index contributed by atoms with van der Waals surface area (Å²) in [5.74, 6) is 0.0285. The molecule has 1 rings (SSSR count). The Balaban J connectivity index is 2.90. The molecular formula is C12H19BrN2O2. The number of carbonyl (C=O) groups excluding carboxylic acids is 2. The summed E-state index contributed by atoms with van der Waals surface area (Å²) in [6, 6.07) is -0.840. The molecule has 0 aromatic carbocycles. The van der Waals surface area contributed by atoms with Gasteiger partial charge in [-0.3, -0.25) is 9.59 Å². The van der Waals surface area contributed by atoms with Crippen molar-refractivity contribution in [3.63, 3.8) is 0 Å². The molecule has 1 aliphatic rings. The fourth-order valence-electron chi connectivity index (χ4n) is 1.87. The molecule has 1 saturated heterocycles. The third-order valence-electron chi connectivity index (χ3n) is 3.25. The summed E-state index contributed by atoms with van der Waals surface area (Å²) in [4.78, 5) is 25.7. The van der Waals surface area contributed by atoms with Crippen LogP contribution in [0.3, 0.4) is 0 Å². The number of amides is 2. The minimum Gasteiger partial charge on any atom is -0.342 e. The van der Waals surface area contributed by atoms with E-state index in [1.54, 1.807) is 11.8 Å². The smallest absolute Gasteiger partial charge is 0.246 e. The van der Waals surface area contributed by atoms with Crippen LogP contribution in [0.25, 0.3) is 0 Å². The molecule has 0 aromatic rings. The van der Waals surface area contributed by atoms with E-state index >= 15 is 0 Å². The fourth-order valence-corrected chi connectivity index (χ4v) is 2.14. The van der Waals surface area contributed by atoms with Gasteiger partial charge in [-0.05, 0) is 12.8 Å². The van der Waals surface area contributed by atoms with Crippen LogP contribution in [0.2, 0.25) is 0 Å². The van der Waals surface area contributed by atoms with Gasteiger partial charge < -0.3 is 10.2 Å². The zero-order valence-corrected chi connectivity index (χ0v) is 12.1. The molecule has 1 heterocycles. The molecule has 5 heteroatoms. The van der Waals surface area contributed by atoms with E-state index in [0.29, 0.717) is 11.0 Å². The molecule has 0 saturated carbocycles. The predicted octanol–water partition coefficient (Wildman–Crippen LogP) is 1.66. The molecule has 0 spiro atoms. The first-order valence-corrected chi connectivity index (χ1v) is 6.61. The van der Waals surface area contributed by atoms with Crippen LogP contribution in [0.5, 0.6) is 0 Å². The van der Waals surface area contributed by atoms with E-state index in [0.717, 1.165) is 6.42 Å². The highest BCUT2D eigenvalue weighted by atomic mass is 79.9. The van der Waals surface area contributed by atoms with E-state index in [1.807, 2.05) is 13.8 Å². The Kier molecular flexibility index (Phi) is 4.74. The highest BCUT2D eigenvalue weighted by Gasteiger charge is 2.39. The second kappa shape index (κ2) is 5.67. The van der Waals surface area contributed by atoms with Crippen molar-refractivity contribution in [1.82, 2.24) is 10.2 Å². The normalized spacial score (nSPS) is 26.7. The molecule has 1 N–H and O–H groups in total. The first-order valence-electron chi connectivity index (χ1n) is 5.82. The molecule has 3 atom stereocenters. The van der Waals surface area contributed by atoms with Gasteiger partial charge in [0.2, 0.25) is 11.8 Å². The van der Waals surface area contributed by atoms with Gasteiger partial charge in [0.15, 0.2) is 0 Å². The van der Waals surface area contributed by atoms with Gasteiger partial charge in [-0.25, -0.2) is 0 Å². The topological polar surface area (TPSA) is 49.4 Å². The average Bonchev–Trinajstić information content (AvgIpc) is 2.28. The second-order valence-electron chi connectivity index (χ2n) is 4.53. The largest absolute Gasteiger partial charge is 0.342 e. The summed E-state index contributed by atoms with van der Waals surface area (Å²) in [7, 11) is 0. The molecule has 0 aliphatic carbocycles. The molecular weight excluding hydrogens is 284 g/mol. The lowest BCUT2D eigenvalue weighted by Gasteiger charge is -2.39. The van der Waals surface area contributed by atoms with E-state index in [-0.39, 0.29) is 17.7 Å². The Bertz CT molecular complexity index is 343. The summed E-state index contributed by atoms with van der Waals surface area (Å²) in [6.45, 7) is 9.81. The number of piperazine rings is 1. The van der Waals surface area contributed by atoms with Gasteiger partial charge in [0.1, 0.15) is 12.1 Å². The van der Waals surface area contributed by atoms with Crippen LogP contribution in [-0.4, -0.2) is 35.3 Å². The Morgan fingerprint density at radius 2 is 2.18 bits per heavy atom. The Labute approximate surface area is 111 Å². The molecule has 2 amide bonds. The first-order chi connectivity index (χ1) is 7.88. The number of nitrogens with zero attached hydrogens (tertiary/aromatic N) is 1. The molecule has 3 unspecified atom stereocenters. The van der Waals surface area contributed by atoms with Crippen LogP contribution >= 0.6 is 15.9 Å². The van der Waals surface area contributed by atoms with Crippen molar-refractivity contribution in [2.45, 2.75) is 39.3 Å². The monoisotopic (exact) mass is 302 g/mol. The van der Waals surface area contributed by atoms with E-state index in [9.17, 15) is 9.59 Å². The highest BCUT2D eigenvalue weighted by Crippen LogP contribution is 2.19. The van der Waals surface area contributed by atoms with Crippen LogP contribution in [0.4, 0.5) is 0 Å². The van der Waals surface area contributed by atoms with Gasteiger partial charge in [0.25, 0.3) is 0 Å². The van der Waals surface area contributed by atoms with Gasteiger partial charge in [-0.1, -0.05) is 42.8 Å². The average molecular weight is 303 g/mol. The minimum atomic E-state index is -0.433. The number of rotatable bonds is 4. The van der Waals surface area contributed by atoms with E-state index < -0.39 is 12.1 Å². The van der Waals surface area contributed by atoms with Crippen LogP contribution < -0.4 is 5.32 Å². The maximum atomic E-state index is 12.3. The standard InChI is InChI=1S/C12H19BrN2O2/c1-5-7(2)10-12(17)15(6-8(3)13)9(4)11(16)14-10/h7,9-10H,3,5-6H2,1-2,4H3,(H,14,16). The lowest BCUT2D eigenvalue weighted by molar-refractivity contribution is -0.149. The van der Waals surface area contributed by atoms with Crippen molar-refractivity contribution in [3.05, 3.63) is 11.1 Å². The molecule has 0 aromatic heterocycles. The van der Waals surface area contributed by atoms with Crippen LogP contribution in [0, 0.1) is 5.92 Å². The summed E-state index contributed by atoms with van der Waals surface area (Å²) >= 11 is 3.24. The van der Waals surface area contributed by atoms with Gasteiger partial charge in [0.05, 0.1) is 6.54 Å². The molecule has 1 aliphatic heterocycles. The summed E-state index contributed by atoms with van der Waals surface area (Å²) in [5.41, 5.74) is 0. The lowest BCUT2D eigenvalue weighted by Crippen LogP contribution is -2.64. The maximum absolute atomic E-state index is 12.3. The number of hydrogen-bond acceptors (Lipinski definition) is 2. The Morgan fingerprint density at radius 3 is 2.65 bits per heavy atom. The second-order valence-corrected chi connectivity index (χ2v) is 5.65. The van der Waals surface area contributed by atoms with Gasteiger partial charge >= 0.3 is 0 Å². The molecule has 4 nitrogen and oxygen atoms in total.